The molecule has 0 radical (unpaired) electrons. The molecular weight excluding hydrogens is 368 g/mol. The Morgan fingerprint density at radius 1 is 1.10 bits per heavy atom. The average Bonchev–Trinajstić information content (AvgIpc) is 2.74. The Morgan fingerprint density at radius 2 is 1.79 bits per heavy atom. The predicted octanol–water partition coefficient (Wildman–Crippen LogP) is 0.858. The van der Waals surface area contributed by atoms with Crippen LogP contribution in [-0.4, -0.2) is 84.4 Å². The number of nitrogens with zero attached hydrogens (tertiary/aromatic N) is 5. The Kier molecular flexibility index (Phi) is 6.77. The molecule has 8 heteroatoms. The zero-order valence-electron chi connectivity index (χ0n) is 17.2. The van der Waals surface area contributed by atoms with Gasteiger partial charge >= 0.3 is 0 Å². The third kappa shape index (κ3) is 5.51. The fourth-order valence-electron chi connectivity index (χ4n) is 3.33. The lowest BCUT2D eigenvalue weighted by atomic mass is 10.2. The highest BCUT2D eigenvalue weighted by atomic mass is 16.2. The first kappa shape index (κ1) is 20.7. The summed E-state index contributed by atoms with van der Waals surface area (Å²) >= 11 is 0. The van der Waals surface area contributed by atoms with Gasteiger partial charge in [0.15, 0.2) is 5.82 Å². The molecule has 29 heavy (non-hydrogen) atoms. The molecule has 2 heterocycles. The van der Waals surface area contributed by atoms with E-state index in [1.54, 1.807) is 27.2 Å². The molecule has 1 aromatic heterocycles. The first-order chi connectivity index (χ1) is 13.9. The molecule has 1 aliphatic rings. The highest BCUT2D eigenvalue weighted by molar-refractivity contribution is 5.87. The number of piperazine rings is 1. The van der Waals surface area contributed by atoms with Crippen LogP contribution in [0.4, 0.5) is 5.82 Å². The topological polar surface area (TPSA) is 81.7 Å². The van der Waals surface area contributed by atoms with Gasteiger partial charge in [0.1, 0.15) is 11.9 Å². The minimum atomic E-state index is -0.517. The summed E-state index contributed by atoms with van der Waals surface area (Å²) in [7, 11) is 3.36. The second kappa shape index (κ2) is 9.47. The van der Waals surface area contributed by atoms with Crippen molar-refractivity contribution in [3.8, 4) is 11.4 Å². The molecular formula is C21H28N6O2. The van der Waals surface area contributed by atoms with Crippen LogP contribution in [0.25, 0.3) is 11.4 Å². The van der Waals surface area contributed by atoms with Crippen LogP contribution in [-0.2, 0) is 9.59 Å². The van der Waals surface area contributed by atoms with Gasteiger partial charge in [0.25, 0.3) is 0 Å². The molecule has 1 N–H and O–H groups in total. The van der Waals surface area contributed by atoms with Crippen LogP contribution in [0.2, 0.25) is 0 Å². The number of hydrogen-bond donors (Lipinski definition) is 1. The number of rotatable bonds is 6. The number of anilines is 1. The quantitative estimate of drug-likeness (QED) is 0.780. The molecule has 154 valence electrons. The van der Waals surface area contributed by atoms with Crippen LogP contribution in [0.1, 0.15) is 6.92 Å². The number of carbonyl (C=O) groups is 2. The molecule has 1 unspecified atom stereocenters. The van der Waals surface area contributed by atoms with Crippen LogP contribution >= 0.6 is 0 Å². The van der Waals surface area contributed by atoms with Crippen molar-refractivity contribution in [1.82, 2.24) is 25.1 Å². The minimum absolute atomic E-state index is 0.110. The van der Waals surface area contributed by atoms with Crippen molar-refractivity contribution in [3.63, 3.8) is 0 Å². The Morgan fingerprint density at radius 3 is 2.45 bits per heavy atom. The van der Waals surface area contributed by atoms with Gasteiger partial charge in [0, 0.05) is 52.0 Å². The highest BCUT2D eigenvalue weighted by Crippen LogP contribution is 2.19. The summed E-state index contributed by atoms with van der Waals surface area (Å²) in [5, 5.41) is 2.77. The average molecular weight is 396 g/mol. The van der Waals surface area contributed by atoms with E-state index in [0.717, 1.165) is 37.6 Å². The Bertz CT molecular complexity index is 834. The zero-order chi connectivity index (χ0) is 20.8. The summed E-state index contributed by atoms with van der Waals surface area (Å²) in [6.45, 7) is 5.08. The fraction of sp³-hybridized carbons (Fsp3) is 0.429. The van der Waals surface area contributed by atoms with Gasteiger partial charge in [-0.3, -0.25) is 14.5 Å². The first-order valence-electron chi connectivity index (χ1n) is 9.80. The molecule has 0 spiro atoms. The van der Waals surface area contributed by atoms with Crippen molar-refractivity contribution in [3.05, 3.63) is 42.6 Å². The Balaban J connectivity index is 1.52. The van der Waals surface area contributed by atoms with E-state index in [4.69, 9.17) is 4.98 Å². The third-order valence-electron chi connectivity index (χ3n) is 4.93. The SMILES string of the molecule is CC(NC(=O)CN1CCN(c2ccnc(-c3ccccc3)n2)CC1)C(=O)N(C)C. The van der Waals surface area contributed by atoms with E-state index < -0.39 is 6.04 Å². The molecule has 2 aromatic rings. The van der Waals surface area contributed by atoms with Crippen LogP contribution in [0.3, 0.4) is 0 Å². The van der Waals surface area contributed by atoms with Crippen LogP contribution < -0.4 is 10.2 Å². The van der Waals surface area contributed by atoms with Crippen molar-refractivity contribution in [2.75, 3.05) is 51.7 Å². The smallest absolute Gasteiger partial charge is 0.244 e. The molecule has 8 nitrogen and oxygen atoms in total. The van der Waals surface area contributed by atoms with Crippen molar-refractivity contribution < 1.29 is 9.59 Å². The highest BCUT2D eigenvalue weighted by Gasteiger charge is 2.22. The summed E-state index contributed by atoms with van der Waals surface area (Å²) in [5.74, 6) is 1.37. The number of carbonyl (C=O) groups excluding carboxylic acids is 2. The van der Waals surface area contributed by atoms with E-state index in [9.17, 15) is 9.59 Å². The lowest BCUT2D eigenvalue weighted by Crippen LogP contribution is -2.52. The summed E-state index contributed by atoms with van der Waals surface area (Å²) in [6, 6.07) is 11.3. The maximum atomic E-state index is 12.2. The Hall–Kier alpha value is -3.00. The van der Waals surface area contributed by atoms with E-state index in [-0.39, 0.29) is 18.4 Å². The molecule has 2 amide bonds. The number of hydrogen-bond acceptors (Lipinski definition) is 6. The maximum Gasteiger partial charge on any atom is 0.244 e. The normalized spacial score (nSPS) is 15.6. The van der Waals surface area contributed by atoms with Crippen LogP contribution in [0.5, 0.6) is 0 Å². The third-order valence-corrected chi connectivity index (χ3v) is 4.93. The number of aromatic nitrogens is 2. The molecule has 1 atom stereocenters. The number of benzene rings is 1. The van der Waals surface area contributed by atoms with Crippen LogP contribution in [0.15, 0.2) is 42.6 Å². The maximum absolute atomic E-state index is 12.2. The van der Waals surface area contributed by atoms with Crippen molar-refractivity contribution in [2.24, 2.45) is 0 Å². The molecule has 1 fully saturated rings. The van der Waals surface area contributed by atoms with Gasteiger partial charge in [-0.2, -0.15) is 0 Å². The standard InChI is InChI=1S/C21H28N6O2/c1-16(21(29)25(2)3)23-19(28)15-26-11-13-27(14-12-26)18-9-10-22-20(24-18)17-7-5-4-6-8-17/h4-10,16H,11-15H2,1-3H3,(H,23,28). The summed E-state index contributed by atoms with van der Waals surface area (Å²) < 4.78 is 0. The van der Waals surface area contributed by atoms with E-state index in [2.05, 4.69) is 20.1 Å². The molecule has 0 aliphatic carbocycles. The fourth-order valence-corrected chi connectivity index (χ4v) is 3.33. The van der Waals surface area contributed by atoms with Crippen LogP contribution in [0, 0.1) is 0 Å². The molecule has 1 aromatic carbocycles. The summed E-state index contributed by atoms with van der Waals surface area (Å²) in [4.78, 5) is 39.0. The van der Waals surface area contributed by atoms with Gasteiger partial charge in [-0.1, -0.05) is 30.3 Å². The molecule has 3 rings (SSSR count). The molecule has 0 bridgehead atoms. The van der Waals surface area contributed by atoms with Crippen molar-refractivity contribution in [2.45, 2.75) is 13.0 Å². The van der Waals surface area contributed by atoms with Gasteiger partial charge in [0.05, 0.1) is 6.54 Å². The van der Waals surface area contributed by atoms with Crippen molar-refractivity contribution >= 4 is 17.6 Å². The molecule has 1 aliphatic heterocycles. The van der Waals surface area contributed by atoms with Gasteiger partial charge < -0.3 is 15.1 Å². The monoisotopic (exact) mass is 396 g/mol. The van der Waals surface area contributed by atoms with Crippen molar-refractivity contribution in [1.29, 1.82) is 0 Å². The second-order valence-electron chi connectivity index (χ2n) is 7.39. The Labute approximate surface area is 171 Å². The lowest BCUT2D eigenvalue weighted by molar-refractivity contribution is -0.134. The number of likely N-dealkylation sites (N-methyl/N-ethyl adjacent to an activating group) is 1. The molecule has 0 saturated carbocycles. The van der Waals surface area contributed by atoms with E-state index in [1.165, 1.54) is 4.90 Å². The van der Waals surface area contributed by atoms with E-state index in [0.29, 0.717) is 5.82 Å². The predicted molar refractivity (Wildman–Crippen MR) is 112 cm³/mol. The number of nitrogens with one attached hydrogen (secondary N) is 1. The summed E-state index contributed by atoms with van der Waals surface area (Å²) in [5.41, 5.74) is 0.992. The minimum Gasteiger partial charge on any atom is -0.354 e. The second-order valence-corrected chi connectivity index (χ2v) is 7.39. The summed E-state index contributed by atoms with van der Waals surface area (Å²) in [6.07, 6.45) is 1.79. The van der Waals surface area contributed by atoms with Gasteiger partial charge in [-0.25, -0.2) is 9.97 Å². The van der Waals surface area contributed by atoms with Gasteiger partial charge in [-0.05, 0) is 13.0 Å². The van der Waals surface area contributed by atoms with Gasteiger partial charge in [-0.15, -0.1) is 0 Å². The number of amides is 2. The van der Waals surface area contributed by atoms with E-state index >= 15 is 0 Å². The van der Waals surface area contributed by atoms with E-state index in [1.807, 2.05) is 36.4 Å². The first-order valence-corrected chi connectivity index (χ1v) is 9.80. The lowest BCUT2D eigenvalue weighted by Gasteiger charge is -2.35. The largest absolute Gasteiger partial charge is 0.354 e. The molecule has 1 saturated heterocycles. The van der Waals surface area contributed by atoms with Gasteiger partial charge in [0.2, 0.25) is 11.8 Å². The zero-order valence-corrected chi connectivity index (χ0v) is 17.2.